The molecule has 0 bridgehead atoms. The molecule has 3 heteroatoms. The van der Waals surface area contributed by atoms with Gasteiger partial charge in [0, 0.05) is 0 Å². The Morgan fingerprint density at radius 1 is 0.818 bits per heavy atom. The van der Waals surface area contributed by atoms with Crippen molar-refractivity contribution in [3.05, 3.63) is 61.4 Å². The first kappa shape index (κ1) is 30.3. The third-order valence-corrected chi connectivity index (χ3v) is 3.05. The van der Waals surface area contributed by atoms with Gasteiger partial charge < -0.3 is 38.7 Å². The van der Waals surface area contributed by atoms with Gasteiger partial charge in [0.05, 0.1) is 0 Å². The van der Waals surface area contributed by atoms with Gasteiger partial charge in [0.1, 0.15) is 0 Å². The molecular formula is C19H28Cl2Zr-4. The molecule has 0 aromatic rings. The van der Waals surface area contributed by atoms with Crippen LogP contribution < -0.4 is 24.8 Å². The average Bonchev–Trinajstić information content (AvgIpc) is 3.07. The van der Waals surface area contributed by atoms with Gasteiger partial charge in [-0.1, -0.05) is 33.1 Å². The molecule has 0 radical (unpaired) electrons. The van der Waals surface area contributed by atoms with Crippen LogP contribution in [0.1, 0.15) is 58.8 Å². The second-order valence-electron chi connectivity index (χ2n) is 4.86. The Morgan fingerprint density at radius 2 is 1.23 bits per heavy atom. The molecule has 0 saturated heterocycles. The van der Waals surface area contributed by atoms with Crippen molar-refractivity contribution in [3.8, 4) is 0 Å². The third kappa shape index (κ3) is 18.5. The maximum Gasteiger partial charge on any atom is 2.00 e. The summed E-state index contributed by atoms with van der Waals surface area (Å²) in [6.07, 6.45) is 26.2. The smallest absolute Gasteiger partial charge is 1.00 e. The topological polar surface area (TPSA) is 0 Å². The van der Waals surface area contributed by atoms with Crippen molar-refractivity contribution in [1.29, 1.82) is 0 Å². The Balaban J connectivity index is -0.000000101. The molecule has 1 fully saturated rings. The van der Waals surface area contributed by atoms with Crippen LogP contribution in [0.4, 0.5) is 0 Å². The Hall–Kier alpha value is 0.423. The van der Waals surface area contributed by atoms with E-state index in [1.807, 2.05) is 0 Å². The minimum Gasteiger partial charge on any atom is -1.00 e. The molecule has 3 aliphatic rings. The van der Waals surface area contributed by atoms with Gasteiger partial charge >= 0.3 is 26.2 Å². The van der Waals surface area contributed by atoms with E-state index < -0.39 is 0 Å². The fourth-order valence-electron chi connectivity index (χ4n) is 1.93. The molecule has 0 unspecified atom stereocenters. The van der Waals surface area contributed by atoms with E-state index in [4.69, 9.17) is 0 Å². The zero-order chi connectivity index (χ0) is 13.1. The minimum absolute atomic E-state index is 0. The van der Waals surface area contributed by atoms with Gasteiger partial charge in [-0.05, 0) is 0 Å². The van der Waals surface area contributed by atoms with E-state index in [1.165, 1.54) is 43.3 Å². The largest absolute Gasteiger partial charge is 2.00 e. The summed E-state index contributed by atoms with van der Waals surface area (Å²) in [7, 11) is 0. The van der Waals surface area contributed by atoms with E-state index in [0.717, 1.165) is 12.8 Å². The quantitative estimate of drug-likeness (QED) is 0.486. The normalized spacial score (nSPS) is 16.6. The van der Waals surface area contributed by atoms with Gasteiger partial charge in [-0.15, -0.1) is 12.8 Å². The summed E-state index contributed by atoms with van der Waals surface area (Å²) in [5, 5.41) is 0. The summed E-state index contributed by atoms with van der Waals surface area (Å²) < 4.78 is 0. The first-order valence-electron chi connectivity index (χ1n) is 7.08. The number of allylic oxidation sites excluding steroid dienone is 8. The Labute approximate surface area is 170 Å². The van der Waals surface area contributed by atoms with Crippen LogP contribution in [0, 0.1) is 26.0 Å². The fourth-order valence-corrected chi connectivity index (χ4v) is 1.93. The summed E-state index contributed by atoms with van der Waals surface area (Å²) in [6.45, 7) is 4.12. The zero-order valence-corrected chi connectivity index (χ0v) is 18.1. The zero-order valence-electron chi connectivity index (χ0n) is 14.1. The van der Waals surface area contributed by atoms with Gasteiger partial charge in [-0.25, -0.2) is 23.3 Å². The van der Waals surface area contributed by atoms with Gasteiger partial charge in [0.15, 0.2) is 0 Å². The number of rotatable bonds is 0. The van der Waals surface area contributed by atoms with Gasteiger partial charge in [0.25, 0.3) is 0 Å². The van der Waals surface area contributed by atoms with E-state index >= 15 is 0 Å². The van der Waals surface area contributed by atoms with Crippen LogP contribution in [0.5, 0.6) is 0 Å². The Morgan fingerprint density at radius 3 is 1.32 bits per heavy atom. The molecule has 0 heterocycles. The molecule has 0 amide bonds. The third-order valence-electron chi connectivity index (χ3n) is 3.05. The van der Waals surface area contributed by atoms with E-state index in [0.29, 0.717) is 0 Å². The number of halogens is 2. The second-order valence-corrected chi connectivity index (χ2v) is 4.86. The molecule has 3 aliphatic carbocycles. The van der Waals surface area contributed by atoms with Crippen molar-refractivity contribution in [3.63, 3.8) is 0 Å². The molecule has 0 aromatic heterocycles. The molecular weight excluding hydrogens is 390 g/mol. The van der Waals surface area contributed by atoms with Crippen molar-refractivity contribution in [2.75, 3.05) is 0 Å². The van der Waals surface area contributed by atoms with Gasteiger partial charge in [0.2, 0.25) is 0 Å². The molecule has 1 saturated carbocycles. The van der Waals surface area contributed by atoms with E-state index in [1.54, 1.807) is 0 Å². The fraction of sp³-hybridized carbons (Fsp3) is 0.474. The Bertz CT molecular complexity index is 292. The molecule has 0 aromatic carbocycles. The van der Waals surface area contributed by atoms with Gasteiger partial charge in [-0.2, -0.15) is 25.0 Å². The number of hydrogen-bond acceptors (Lipinski definition) is 0. The summed E-state index contributed by atoms with van der Waals surface area (Å²) in [4.78, 5) is 0. The maximum atomic E-state index is 3.12. The predicted octanol–water partition coefficient (Wildman–Crippen LogP) is 0.00216. The Kier molecular flexibility index (Phi) is 29.5. The van der Waals surface area contributed by atoms with Gasteiger partial charge in [-0.3, -0.25) is 12.2 Å². The number of hydrogen-bond donors (Lipinski definition) is 0. The van der Waals surface area contributed by atoms with Crippen molar-refractivity contribution in [2.24, 2.45) is 0 Å². The SMILES string of the molecule is CC1=[C-]CC=C1.CC1=[C-]CC=C1.[CH-]1CCCCC1.[CH3-].[Cl-].[Cl-].[Zr+2]. The van der Waals surface area contributed by atoms with E-state index in [9.17, 15) is 0 Å². The van der Waals surface area contributed by atoms with E-state index in [-0.39, 0.29) is 58.4 Å². The summed E-state index contributed by atoms with van der Waals surface area (Å²) >= 11 is 0. The van der Waals surface area contributed by atoms with Crippen molar-refractivity contribution in [2.45, 2.75) is 58.8 Å². The van der Waals surface area contributed by atoms with E-state index in [2.05, 4.69) is 56.7 Å². The first-order chi connectivity index (χ1) is 8.79. The van der Waals surface area contributed by atoms with Crippen LogP contribution in [0.15, 0.2) is 35.5 Å². The monoisotopic (exact) mass is 416 g/mol. The van der Waals surface area contributed by atoms with Crippen LogP contribution in [0.2, 0.25) is 0 Å². The minimum atomic E-state index is 0. The van der Waals surface area contributed by atoms with Crippen LogP contribution in [-0.2, 0) is 26.2 Å². The molecule has 0 aliphatic heterocycles. The first-order valence-corrected chi connectivity index (χ1v) is 7.08. The van der Waals surface area contributed by atoms with Crippen molar-refractivity contribution >= 4 is 0 Å². The van der Waals surface area contributed by atoms with Crippen LogP contribution in [0.3, 0.4) is 0 Å². The standard InChI is InChI=1S/2C6H7.C6H11.CH3.2ClH.Zr/c2*1-6-4-2-3-5-6;1-2-4-6-5-3-1;;;;/h2*2,4H,3H2,1H3;1H,2-6H2;1H3;2*1H;/q4*-1;;;+2/p-2. The predicted molar refractivity (Wildman–Crippen MR) is 86.2 cm³/mol. The summed E-state index contributed by atoms with van der Waals surface area (Å²) in [5.41, 5.74) is 2.55. The van der Waals surface area contributed by atoms with Crippen molar-refractivity contribution < 1.29 is 51.0 Å². The molecule has 3 rings (SSSR count). The average molecular weight is 419 g/mol. The summed E-state index contributed by atoms with van der Waals surface area (Å²) in [5.74, 6) is 0. The molecule has 126 valence electrons. The van der Waals surface area contributed by atoms with Crippen LogP contribution >= 0.6 is 0 Å². The summed E-state index contributed by atoms with van der Waals surface area (Å²) in [6, 6.07) is 0. The molecule has 22 heavy (non-hydrogen) atoms. The molecule has 0 nitrogen and oxygen atoms in total. The maximum absolute atomic E-state index is 3.12. The molecule has 0 N–H and O–H groups in total. The molecule has 0 spiro atoms. The van der Waals surface area contributed by atoms with Crippen LogP contribution in [-0.4, -0.2) is 0 Å². The molecule has 0 atom stereocenters. The van der Waals surface area contributed by atoms with Crippen LogP contribution in [0.25, 0.3) is 0 Å². The van der Waals surface area contributed by atoms with Crippen molar-refractivity contribution in [1.82, 2.24) is 0 Å². The second kappa shape index (κ2) is 21.4.